The molecule has 0 aliphatic rings. The van der Waals surface area contributed by atoms with Crippen molar-refractivity contribution in [3.8, 4) is 40.1 Å². The summed E-state index contributed by atoms with van der Waals surface area (Å²) in [5.41, 5.74) is -1.04. The predicted octanol–water partition coefficient (Wildman–Crippen LogP) is 2.84. The number of hydrogen-bond donors (Lipinski definition) is 5. The van der Waals surface area contributed by atoms with Crippen LogP contribution in [0.15, 0.2) is 39.5 Å². The summed E-state index contributed by atoms with van der Waals surface area (Å²) in [6.07, 6.45) is -0.743. The van der Waals surface area contributed by atoms with E-state index in [1.165, 1.54) is 19.1 Å². The highest BCUT2D eigenvalue weighted by Crippen LogP contribution is 2.44. The molecule has 0 bridgehead atoms. The minimum atomic E-state index is -4.04. The van der Waals surface area contributed by atoms with Crippen LogP contribution in [0.2, 0.25) is 0 Å². The minimum absolute atomic E-state index is 0.0149. The molecule has 0 spiro atoms. The lowest BCUT2D eigenvalue weighted by Crippen LogP contribution is -2.04. The van der Waals surface area contributed by atoms with E-state index >= 15 is 0 Å². The second-order valence-electron chi connectivity index (χ2n) is 5.96. The summed E-state index contributed by atoms with van der Waals surface area (Å²) in [7, 11) is -4.04. The molecule has 11 heteroatoms. The lowest BCUT2D eigenvalue weighted by Gasteiger charge is -2.14. The monoisotopic (exact) mass is 424 g/mol. The first-order chi connectivity index (χ1) is 13.6. The molecule has 29 heavy (non-hydrogen) atoms. The number of phenolic OH excluding ortho intramolecular Hbond substituents is 3. The summed E-state index contributed by atoms with van der Waals surface area (Å²) < 4.78 is 27.0. The lowest BCUT2D eigenvalue weighted by molar-refractivity contribution is 0.238. The van der Waals surface area contributed by atoms with Gasteiger partial charge in [-0.2, -0.15) is 0 Å². The van der Waals surface area contributed by atoms with E-state index in [1.807, 2.05) is 0 Å². The molecule has 0 fully saturated rings. The van der Waals surface area contributed by atoms with Gasteiger partial charge in [0, 0.05) is 17.7 Å². The third-order valence-electron chi connectivity index (χ3n) is 3.87. The molecule has 1 heterocycles. The number of hydrogen-bond acceptors (Lipinski definition) is 9. The third-order valence-corrected chi connectivity index (χ3v) is 4.99. The van der Waals surface area contributed by atoms with Crippen molar-refractivity contribution in [3.63, 3.8) is 0 Å². The summed E-state index contributed by atoms with van der Waals surface area (Å²) in [6, 6.07) is 5.65. The highest BCUT2D eigenvalue weighted by molar-refractivity contribution is 7.52. The summed E-state index contributed by atoms with van der Waals surface area (Å²) in [5.74, 6) is -2.67. The SMILES string of the molecule is CCOP(=O)(O)COc1cc(-c2oc3cc(O)cc(O)c3c(=O)c2O)ccc1O. The molecule has 10 nitrogen and oxygen atoms in total. The van der Waals surface area contributed by atoms with Gasteiger partial charge in [0.2, 0.25) is 11.2 Å². The van der Waals surface area contributed by atoms with Crippen LogP contribution in [0.3, 0.4) is 0 Å². The van der Waals surface area contributed by atoms with Gasteiger partial charge in [-0.3, -0.25) is 9.36 Å². The molecular weight excluding hydrogens is 407 g/mol. The number of rotatable bonds is 6. The van der Waals surface area contributed by atoms with Crippen LogP contribution in [0.25, 0.3) is 22.3 Å². The first-order valence-electron chi connectivity index (χ1n) is 8.27. The normalized spacial score (nSPS) is 13.3. The smallest absolute Gasteiger partial charge is 0.365 e. The van der Waals surface area contributed by atoms with Crippen LogP contribution in [0.1, 0.15) is 6.92 Å². The number of benzene rings is 2. The van der Waals surface area contributed by atoms with Crippen LogP contribution in [0.5, 0.6) is 28.7 Å². The van der Waals surface area contributed by atoms with Gasteiger partial charge in [0.05, 0.1) is 6.61 Å². The minimum Gasteiger partial charge on any atom is -0.508 e. The second-order valence-corrected chi connectivity index (χ2v) is 7.75. The molecule has 154 valence electrons. The van der Waals surface area contributed by atoms with Gasteiger partial charge in [-0.15, -0.1) is 0 Å². The van der Waals surface area contributed by atoms with Crippen LogP contribution >= 0.6 is 7.60 Å². The molecule has 0 aliphatic heterocycles. The Morgan fingerprint density at radius 2 is 1.79 bits per heavy atom. The first-order valence-corrected chi connectivity index (χ1v) is 10.0. The van der Waals surface area contributed by atoms with E-state index in [4.69, 9.17) is 9.15 Å². The van der Waals surface area contributed by atoms with Gasteiger partial charge in [-0.25, -0.2) is 0 Å². The number of aromatic hydroxyl groups is 4. The summed E-state index contributed by atoms with van der Waals surface area (Å²) in [6.45, 7) is 1.51. The molecule has 3 rings (SSSR count). The highest BCUT2D eigenvalue weighted by Gasteiger charge is 2.22. The van der Waals surface area contributed by atoms with E-state index in [0.717, 1.165) is 18.2 Å². The van der Waals surface area contributed by atoms with Gasteiger partial charge in [0.25, 0.3) is 0 Å². The Morgan fingerprint density at radius 1 is 1.07 bits per heavy atom. The average Bonchev–Trinajstić information content (AvgIpc) is 2.63. The van der Waals surface area contributed by atoms with Crippen molar-refractivity contribution in [3.05, 3.63) is 40.6 Å². The Bertz CT molecular complexity index is 1180. The number of phenols is 3. The fraction of sp³-hybridized carbons (Fsp3) is 0.167. The standard InChI is InChI=1S/C18H17O10P/c1-2-27-29(24,25)8-26-13-5-9(3-4-11(13)20)18-17(23)16(22)15-12(21)6-10(19)7-14(15)28-18/h3-7,19-21,23H,2,8H2,1H3,(H,24,25). The van der Waals surface area contributed by atoms with Crippen molar-refractivity contribution < 1.29 is 43.6 Å². The fourth-order valence-electron chi connectivity index (χ4n) is 2.63. The topological polar surface area (TPSA) is 167 Å². The van der Waals surface area contributed by atoms with Crippen LogP contribution in [0.4, 0.5) is 0 Å². The lowest BCUT2D eigenvalue weighted by atomic mass is 10.1. The zero-order chi connectivity index (χ0) is 21.3. The molecule has 1 atom stereocenters. The fourth-order valence-corrected chi connectivity index (χ4v) is 3.41. The Labute approximate surface area is 163 Å². The van der Waals surface area contributed by atoms with Crippen LogP contribution in [-0.4, -0.2) is 38.3 Å². The number of fused-ring (bicyclic) bond motifs is 1. The molecule has 1 unspecified atom stereocenters. The average molecular weight is 424 g/mol. The van der Waals surface area contributed by atoms with E-state index in [-0.39, 0.29) is 46.1 Å². The molecule has 0 saturated heterocycles. The van der Waals surface area contributed by atoms with Crippen LogP contribution in [-0.2, 0) is 9.09 Å². The van der Waals surface area contributed by atoms with E-state index in [1.54, 1.807) is 0 Å². The predicted molar refractivity (Wildman–Crippen MR) is 102 cm³/mol. The largest absolute Gasteiger partial charge is 0.508 e. The van der Waals surface area contributed by atoms with Gasteiger partial charge >= 0.3 is 7.60 Å². The summed E-state index contributed by atoms with van der Waals surface area (Å²) >= 11 is 0. The Kier molecular flexibility index (Phi) is 5.43. The van der Waals surface area contributed by atoms with Crippen LogP contribution in [0, 0.1) is 0 Å². The quantitative estimate of drug-likeness (QED) is 0.371. The Hall–Kier alpha value is -3.20. The van der Waals surface area contributed by atoms with E-state index < -0.39 is 30.9 Å². The molecule has 0 amide bonds. The van der Waals surface area contributed by atoms with E-state index in [9.17, 15) is 34.7 Å². The van der Waals surface area contributed by atoms with Gasteiger partial charge in [-0.05, 0) is 25.1 Å². The van der Waals surface area contributed by atoms with Gasteiger partial charge in [0.1, 0.15) is 22.5 Å². The first kappa shape index (κ1) is 20.5. The maximum atomic E-state index is 12.4. The van der Waals surface area contributed by atoms with Crippen molar-refractivity contribution in [2.24, 2.45) is 0 Å². The highest BCUT2D eigenvalue weighted by atomic mass is 31.2. The third kappa shape index (κ3) is 4.14. The molecular formula is C18H17O10P. The van der Waals surface area contributed by atoms with Gasteiger partial charge in [-0.1, -0.05) is 0 Å². The molecule has 3 aromatic rings. The van der Waals surface area contributed by atoms with Crippen molar-refractivity contribution in [2.75, 3.05) is 13.0 Å². The Balaban J connectivity index is 2.07. The Morgan fingerprint density at radius 3 is 2.48 bits per heavy atom. The van der Waals surface area contributed by atoms with Gasteiger partial charge < -0.3 is 39.0 Å². The molecule has 0 saturated carbocycles. The zero-order valence-corrected chi connectivity index (χ0v) is 15.9. The molecule has 2 aromatic carbocycles. The van der Waals surface area contributed by atoms with Crippen molar-refractivity contribution in [1.82, 2.24) is 0 Å². The van der Waals surface area contributed by atoms with Crippen molar-refractivity contribution in [2.45, 2.75) is 6.92 Å². The summed E-state index contributed by atoms with van der Waals surface area (Å²) in [5, 5.41) is 39.3. The molecule has 0 aliphatic carbocycles. The summed E-state index contributed by atoms with van der Waals surface area (Å²) in [4.78, 5) is 22.0. The maximum Gasteiger partial charge on any atom is 0.365 e. The van der Waals surface area contributed by atoms with E-state index in [2.05, 4.69) is 4.52 Å². The molecule has 5 N–H and O–H groups in total. The number of ether oxygens (including phenoxy) is 1. The second kappa shape index (κ2) is 7.67. The van der Waals surface area contributed by atoms with Gasteiger partial charge in [0.15, 0.2) is 23.6 Å². The van der Waals surface area contributed by atoms with E-state index in [0.29, 0.717) is 0 Å². The van der Waals surface area contributed by atoms with Crippen molar-refractivity contribution in [1.29, 1.82) is 0 Å². The van der Waals surface area contributed by atoms with Crippen molar-refractivity contribution >= 4 is 18.6 Å². The maximum absolute atomic E-state index is 12.4. The molecule has 0 radical (unpaired) electrons. The van der Waals surface area contributed by atoms with Crippen LogP contribution < -0.4 is 10.2 Å². The molecule has 1 aromatic heterocycles. The zero-order valence-electron chi connectivity index (χ0n) is 15.0.